The van der Waals surface area contributed by atoms with Gasteiger partial charge in [-0.05, 0) is 0 Å². The van der Waals surface area contributed by atoms with Gasteiger partial charge in [-0.25, -0.2) is 0 Å². The average Bonchev–Trinajstić information content (AvgIpc) is 2.18. The van der Waals surface area contributed by atoms with Crippen molar-refractivity contribution in [3.05, 3.63) is 0 Å². The summed E-state index contributed by atoms with van der Waals surface area (Å²) in [6.45, 7) is 0.687. The number of rotatable bonds is 2. The number of aliphatic hydroxyl groups excluding tert-OH is 4. The average molecular weight is 226 g/mol. The molecule has 1 aliphatic rings. The molecule has 0 aliphatic carbocycles. The summed E-state index contributed by atoms with van der Waals surface area (Å²) >= 11 is 0. The molecule has 0 spiro atoms. The first-order chi connectivity index (χ1) is 6.97. The summed E-state index contributed by atoms with van der Waals surface area (Å²) in [5, 5.41) is 39.4. The lowest BCUT2D eigenvalue weighted by molar-refractivity contribution is -0.253. The quantitative estimate of drug-likeness (QED) is 0.354. The normalized spacial score (nSPS) is 41.3. The van der Waals surface area contributed by atoms with Crippen molar-refractivity contribution < 1.29 is 37.1 Å². The lowest BCUT2D eigenvalue weighted by Crippen LogP contribution is -2.63. The van der Waals surface area contributed by atoms with Crippen molar-refractivity contribution in [1.29, 1.82) is 0 Å². The Morgan fingerprint density at radius 3 is 2.47 bits per heavy atom. The molecule has 15 heavy (non-hydrogen) atoms. The van der Waals surface area contributed by atoms with Crippen LogP contribution in [0.3, 0.4) is 0 Å². The number of carbonyl (C=O) groups excluding carboxylic acids is 1. The molecule has 0 unspecified atom stereocenters. The van der Waals surface area contributed by atoms with Crippen molar-refractivity contribution >= 4 is 5.91 Å². The van der Waals surface area contributed by atoms with E-state index in [1.807, 2.05) is 0 Å². The molecule has 0 radical (unpaired) electrons. The molecular formula is C8H20NO6+5. The minimum absolute atomic E-state index is 0. The molecule has 0 saturated carbocycles. The van der Waals surface area contributed by atoms with Gasteiger partial charge < -0.3 is 30.5 Å². The summed E-state index contributed by atoms with van der Waals surface area (Å²) in [5.41, 5.74) is 0. The maximum Gasteiger partial charge on any atom is 1.00 e. The lowest BCUT2D eigenvalue weighted by atomic mass is 9.97. The smallest absolute Gasteiger partial charge is 0.394 e. The zero-order valence-electron chi connectivity index (χ0n) is 13.2. The maximum atomic E-state index is 10.7. The van der Waals surface area contributed by atoms with Gasteiger partial charge in [-0.15, -0.1) is 0 Å². The maximum absolute atomic E-state index is 10.7. The van der Waals surface area contributed by atoms with Crippen LogP contribution in [0.15, 0.2) is 0 Å². The first kappa shape index (κ1) is 12.3. The first-order valence-corrected chi connectivity index (χ1v) is 4.55. The Kier molecular flexibility index (Phi) is 4.00. The van der Waals surface area contributed by atoms with E-state index in [0.29, 0.717) is 0 Å². The molecule has 7 heteroatoms. The monoisotopic (exact) mass is 226 g/mol. The third-order valence-electron chi connectivity index (χ3n) is 2.27. The predicted molar refractivity (Wildman–Crippen MR) is 53.1 cm³/mol. The van der Waals surface area contributed by atoms with Gasteiger partial charge in [0.1, 0.15) is 24.4 Å². The van der Waals surface area contributed by atoms with Crippen LogP contribution in [0.25, 0.3) is 0 Å². The molecule has 7 nitrogen and oxygen atoms in total. The largest absolute Gasteiger partial charge is 1.00 e. The fraction of sp³-hybridized carbons (Fsp3) is 0.875. The van der Waals surface area contributed by atoms with Crippen LogP contribution < -0.4 is 5.32 Å². The van der Waals surface area contributed by atoms with Gasteiger partial charge in [0.05, 0.1) is 6.61 Å². The molecule has 1 saturated heterocycles. The molecule has 5 atom stereocenters. The van der Waals surface area contributed by atoms with E-state index in [2.05, 4.69) is 5.32 Å². The number of carbonyl (C=O) groups is 1. The van der Waals surface area contributed by atoms with Crippen molar-refractivity contribution in [1.82, 2.24) is 5.32 Å². The zero-order valence-corrected chi connectivity index (χ0v) is 8.20. The van der Waals surface area contributed by atoms with Crippen LogP contribution in [-0.4, -0.2) is 63.6 Å². The summed E-state index contributed by atoms with van der Waals surface area (Å²) < 4.78 is 4.81. The van der Waals surface area contributed by atoms with Crippen LogP contribution in [0, 0.1) is 0 Å². The van der Waals surface area contributed by atoms with E-state index in [1.165, 1.54) is 6.92 Å². The highest BCUT2D eigenvalue weighted by Gasteiger charge is 2.43. The molecule has 5 N–H and O–H groups in total. The van der Waals surface area contributed by atoms with Crippen LogP contribution in [-0.2, 0) is 9.53 Å². The fourth-order valence-corrected chi connectivity index (χ4v) is 1.49. The van der Waals surface area contributed by atoms with E-state index >= 15 is 0 Å². The van der Waals surface area contributed by atoms with E-state index < -0.39 is 43.2 Å². The van der Waals surface area contributed by atoms with Gasteiger partial charge in [0, 0.05) is 6.92 Å². The standard InChI is InChI=1S/C8H15NO6/c1-3(11)9-5-7(13)6(12)4(2-10)15-8(5)14/h4-8,10,12-14H,2H2,1H3,(H,9,11)/p+5/t4-,5-,6-,7-,8-/m1/s1. The van der Waals surface area contributed by atoms with Crippen molar-refractivity contribution in [3.8, 4) is 0 Å². The summed E-state index contributed by atoms with van der Waals surface area (Å²) in [4.78, 5) is 10.7. The molecule has 88 valence electrons. The van der Waals surface area contributed by atoms with Gasteiger partial charge in [0.2, 0.25) is 5.91 Å². The Hall–Kier alpha value is -0.730. The predicted octanol–water partition coefficient (Wildman–Crippen LogP) is -2.52. The molecule has 0 bridgehead atoms. The van der Waals surface area contributed by atoms with Gasteiger partial charge in [0.15, 0.2) is 6.29 Å². The summed E-state index contributed by atoms with van der Waals surface area (Å²) in [6.07, 6.45) is -5.24. The fourth-order valence-electron chi connectivity index (χ4n) is 1.49. The van der Waals surface area contributed by atoms with Crippen LogP contribution in [0.4, 0.5) is 0 Å². The van der Waals surface area contributed by atoms with Crippen LogP contribution in [0.1, 0.15) is 14.1 Å². The molecule has 1 rings (SSSR count). The second-order valence-electron chi connectivity index (χ2n) is 3.46. The minimum Gasteiger partial charge on any atom is -0.394 e. The van der Waals surface area contributed by atoms with Gasteiger partial charge in [-0.2, -0.15) is 0 Å². The molecule has 1 aliphatic heterocycles. The number of aliphatic hydroxyl groups is 4. The molecule has 0 aromatic rings. The minimum atomic E-state index is -1.45. The Bertz CT molecular complexity index is 251. The van der Waals surface area contributed by atoms with Crippen molar-refractivity contribution in [2.75, 3.05) is 6.61 Å². The molecule has 0 aromatic heterocycles. The molecular weight excluding hydrogens is 206 g/mol. The second-order valence-corrected chi connectivity index (χ2v) is 3.46. The summed E-state index contributed by atoms with van der Waals surface area (Å²) in [5.74, 6) is -0.462. The third-order valence-corrected chi connectivity index (χ3v) is 2.27. The molecule has 0 aromatic carbocycles. The number of hydrogen-bond donors (Lipinski definition) is 5. The first-order valence-electron chi connectivity index (χ1n) is 4.55. The summed E-state index contributed by atoms with van der Waals surface area (Å²) in [6, 6.07) is -1.10. The number of hydrogen-bond acceptors (Lipinski definition) is 6. The highest BCUT2D eigenvalue weighted by atomic mass is 16.6. The Balaban J connectivity index is -0.000000150. The van der Waals surface area contributed by atoms with E-state index in [4.69, 9.17) is 9.84 Å². The topological polar surface area (TPSA) is 119 Å². The number of ether oxygens (including phenoxy) is 1. The van der Waals surface area contributed by atoms with Gasteiger partial charge in [-0.3, -0.25) is 4.79 Å². The Labute approximate surface area is 93.7 Å². The van der Waals surface area contributed by atoms with Gasteiger partial charge >= 0.3 is 7.13 Å². The van der Waals surface area contributed by atoms with E-state index in [1.54, 1.807) is 0 Å². The zero-order chi connectivity index (χ0) is 11.6. The highest BCUT2D eigenvalue weighted by Crippen LogP contribution is 2.19. The van der Waals surface area contributed by atoms with Crippen LogP contribution in [0.2, 0.25) is 0 Å². The van der Waals surface area contributed by atoms with Crippen molar-refractivity contribution in [2.24, 2.45) is 0 Å². The van der Waals surface area contributed by atoms with Crippen LogP contribution in [0.5, 0.6) is 0 Å². The SMILES string of the molecule is CC(=O)N[C@@H]1[C@@H](O)[C@H](O)[C@@H](CO)O[C@H]1O.[H+].[H+].[H+].[H+].[H+]. The van der Waals surface area contributed by atoms with Crippen LogP contribution >= 0.6 is 0 Å². The molecule has 1 heterocycles. The number of nitrogens with one attached hydrogen (secondary N) is 1. The van der Waals surface area contributed by atoms with Gasteiger partial charge in [-0.1, -0.05) is 0 Å². The number of amides is 1. The third kappa shape index (κ3) is 2.64. The lowest BCUT2D eigenvalue weighted by Gasteiger charge is -2.40. The highest BCUT2D eigenvalue weighted by molar-refractivity contribution is 5.73. The van der Waals surface area contributed by atoms with Crippen molar-refractivity contribution in [3.63, 3.8) is 0 Å². The summed E-state index contributed by atoms with van der Waals surface area (Å²) in [7, 11) is 0. The second kappa shape index (κ2) is 4.86. The van der Waals surface area contributed by atoms with Crippen molar-refractivity contribution in [2.45, 2.75) is 37.6 Å². The Morgan fingerprint density at radius 2 is 2.00 bits per heavy atom. The van der Waals surface area contributed by atoms with E-state index in [-0.39, 0.29) is 7.13 Å². The van der Waals surface area contributed by atoms with E-state index in [9.17, 15) is 20.1 Å². The molecule has 1 amide bonds. The van der Waals surface area contributed by atoms with Gasteiger partial charge in [0.25, 0.3) is 0 Å². The molecule has 1 fully saturated rings. The Morgan fingerprint density at radius 1 is 1.40 bits per heavy atom. The van der Waals surface area contributed by atoms with E-state index in [0.717, 1.165) is 0 Å².